The lowest BCUT2D eigenvalue weighted by molar-refractivity contribution is 0.706. The molecule has 1 N–H and O–H groups in total. The van der Waals surface area contributed by atoms with Gasteiger partial charge in [-0.05, 0) is 24.7 Å². The zero-order valence-electron chi connectivity index (χ0n) is 10.8. The highest BCUT2D eigenvalue weighted by Crippen LogP contribution is 2.19. The Morgan fingerprint density at radius 3 is 3.00 bits per heavy atom. The predicted molar refractivity (Wildman–Crippen MR) is 72.5 cm³/mol. The minimum Gasteiger partial charge on any atom is -0.373 e. The van der Waals surface area contributed by atoms with Crippen molar-refractivity contribution in [2.75, 3.05) is 31.6 Å². The molecule has 0 unspecified atom stereocenters. The van der Waals surface area contributed by atoms with Crippen molar-refractivity contribution in [2.45, 2.75) is 6.92 Å². The molecule has 1 heterocycles. The minimum absolute atomic E-state index is 1.01. The van der Waals surface area contributed by atoms with Crippen LogP contribution in [0.5, 0.6) is 0 Å². The number of nitrogens with zero attached hydrogens (tertiary/aromatic N) is 3. The van der Waals surface area contributed by atoms with Crippen LogP contribution in [-0.2, 0) is 7.05 Å². The van der Waals surface area contributed by atoms with Crippen LogP contribution in [-0.4, -0.2) is 36.2 Å². The van der Waals surface area contributed by atoms with E-state index in [1.165, 1.54) is 11.2 Å². The highest BCUT2D eigenvalue weighted by atomic mass is 15.1. The summed E-state index contributed by atoms with van der Waals surface area (Å²) in [6.07, 6.45) is 1.85. The van der Waals surface area contributed by atoms with Crippen LogP contribution in [0.4, 0.5) is 5.69 Å². The first-order valence-electron chi connectivity index (χ1n) is 6.05. The number of hydrogen-bond donors (Lipinski definition) is 1. The number of benzene rings is 1. The maximum Gasteiger partial charge on any atom is 0.0955 e. The maximum absolute atomic E-state index is 4.38. The van der Waals surface area contributed by atoms with Crippen LogP contribution < -0.4 is 10.2 Å². The van der Waals surface area contributed by atoms with Crippen molar-refractivity contribution in [1.82, 2.24) is 14.9 Å². The van der Waals surface area contributed by atoms with Crippen LogP contribution in [0.2, 0.25) is 0 Å². The Morgan fingerprint density at radius 2 is 2.24 bits per heavy atom. The second kappa shape index (κ2) is 5.19. The fraction of sp³-hybridized carbons (Fsp3) is 0.462. The van der Waals surface area contributed by atoms with E-state index in [1.54, 1.807) is 0 Å². The van der Waals surface area contributed by atoms with E-state index in [0.29, 0.717) is 0 Å². The number of imidazole rings is 1. The Hall–Kier alpha value is -1.55. The van der Waals surface area contributed by atoms with Crippen molar-refractivity contribution in [1.29, 1.82) is 0 Å². The zero-order valence-corrected chi connectivity index (χ0v) is 10.8. The molecule has 4 heteroatoms. The molecule has 0 aliphatic rings. The molecule has 0 aliphatic heterocycles. The average Bonchev–Trinajstić information content (AvgIpc) is 2.71. The van der Waals surface area contributed by atoms with Crippen molar-refractivity contribution in [3.05, 3.63) is 24.5 Å². The molecule has 2 aromatic rings. The van der Waals surface area contributed by atoms with E-state index in [9.17, 15) is 0 Å². The molecule has 0 bridgehead atoms. The topological polar surface area (TPSA) is 33.1 Å². The summed E-state index contributed by atoms with van der Waals surface area (Å²) in [6.45, 7) is 5.16. The van der Waals surface area contributed by atoms with Crippen LogP contribution in [0.3, 0.4) is 0 Å². The SMILES string of the molecule is CCNCCN(C)c1ccc2c(c1)ncn2C. The summed E-state index contributed by atoms with van der Waals surface area (Å²) in [5.74, 6) is 0. The van der Waals surface area contributed by atoms with Gasteiger partial charge in [-0.2, -0.15) is 0 Å². The van der Waals surface area contributed by atoms with Gasteiger partial charge in [0, 0.05) is 32.9 Å². The number of nitrogens with one attached hydrogen (secondary N) is 1. The molecular formula is C13H20N4. The number of anilines is 1. The van der Waals surface area contributed by atoms with Crippen molar-refractivity contribution in [3.8, 4) is 0 Å². The molecule has 2 rings (SSSR count). The molecule has 0 fully saturated rings. The molecule has 0 atom stereocenters. The van der Waals surface area contributed by atoms with Crippen molar-refractivity contribution >= 4 is 16.7 Å². The van der Waals surface area contributed by atoms with Crippen LogP contribution in [0, 0.1) is 0 Å². The Kier molecular flexibility index (Phi) is 3.64. The van der Waals surface area contributed by atoms with Gasteiger partial charge in [0.25, 0.3) is 0 Å². The molecule has 1 aromatic carbocycles. The van der Waals surface area contributed by atoms with Crippen LogP contribution in [0.1, 0.15) is 6.92 Å². The third-order valence-electron chi connectivity index (χ3n) is 3.02. The lowest BCUT2D eigenvalue weighted by Gasteiger charge is -2.19. The molecule has 1 aromatic heterocycles. The summed E-state index contributed by atoms with van der Waals surface area (Å²) < 4.78 is 2.04. The molecule has 17 heavy (non-hydrogen) atoms. The van der Waals surface area contributed by atoms with Crippen molar-refractivity contribution < 1.29 is 0 Å². The normalized spacial score (nSPS) is 11.0. The highest BCUT2D eigenvalue weighted by molar-refractivity contribution is 5.79. The van der Waals surface area contributed by atoms with E-state index >= 15 is 0 Å². The number of likely N-dealkylation sites (N-methyl/N-ethyl adjacent to an activating group) is 2. The monoisotopic (exact) mass is 232 g/mol. The fourth-order valence-corrected chi connectivity index (χ4v) is 1.91. The lowest BCUT2D eigenvalue weighted by Crippen LogP contribution is -2.28. The Morgan fingerprint density at radius 1 is 1.41 bits per heavy atom. The fourth-order valence-electron chi connectivity index (χ4n) is 1.91. The van der Waals surface area contributed by atoms with Gasteiger partial charge in [0.1, 0.15) is 0 Å². The van der Waals surface area contributed by atoms with Gasteiger partial charge in [0.2, 0.25) is 0 Å². The molecule has 0 amide bonds. The first-order valence-corrected chi connectivity index (χ1v) is 6.05. The molecule has 0 saturated carbocycles. The number of fused-ring (bicyclic) bond motifs is 1. The second-order valence-electron chi connectivity index (χ2n) is 4.30. The van der Waals surface area contributed by atoms with Crippen LogP contribution in [0.15, 0.2) is 24.5 Å². The summed E-state index contributed by atoms with van der Waals surface area (Å²) in [6, 6.07) is 6.42. The van der Waals surface area contributed by atoms with Gasteiger partial charge in [-0.15, -0.1) is 0 Å². The molecule has 0 radical (unpaired) electrons. The Labute approximate surface area is 102 Å². The predicted octanol–water partition coefficient (Wildman–Crippen LogP) is 1.62. The van der Waals surface area contributed by atoms with E-state index in [4.69, 9.17) is 0 Å². The van der Waals surface area contributed by atoms with Gasteiger partial charge >= 0.3 is 0 Å². The third kappa shape index (κ3) is 2.58. The number of rotatable bonds is 5. The smallest absolute Gasteiger partial charge is 0.0955 e. The summed E-state index contributed by atoms with van der Waals surface area (Å²) in [5, 5.41) is 3.33. The third-order valence-corrected chi connectivity index (χ3v) is 3.02. The molecule has 0 spiro atoms. The summed E-state index contributed by atoms with van der Waals surface area (Å²) in [4.78, 5) is 6.63. The zero-order chi connectivity index (χ0) is 12.3. The van der Waals surface area contributed by atoms with Crippen LogP contribution >= 0.6 is 0 Å². The van der Waals surface area contributed by atoms with E-state index < -0.39 is 0 Å². The highest BCUT2D eigenvalue weighted by Gasteiger charge is 2.04. The Bertz CT molecular complexity index is 489. The average molecular weight is 232 g/mol. The number of aromatic nitrogens is 2. The van der Waals surface area contributed by atoms with Gasteiger partial charge in [0.15, 0.2) is 0 Å². The van der Waals surface area contributed by atoms with Gasteiger partial charge in [0.05, 0.1) is 17.4 Å². The molecule has 4 nitrogen and oxygen atoms in total. The van der Waals surface area contributed by atoms with Crippen molar-refractivity contribution in [2.24, 2.45) is 7.05 Å². The van der Waals surface area contributed by atoms with E-state index in [2.05, 4.69) is 47.4 Å². The summed E-state index contributed by atoms with van der Waals surface area (Å²) in [5.41, 5.74) is 3.45. The van der Waals surface area contributed by atoms with Crippen LogP contribution in [0.25, 0.3) is 11.0 Å². The van der Waals surface area contributed by atoms with E-state index in [1.807, 2.05) is 17.9 Å². The molecule has 0 aliphatic carbocycles. The number of aryl methyl sites for hydroxylation is 1. The van der Waals surface area contributed by atoms with E-state index in [0.717, 1.165) is 25.2 Å². The maximum atomic E-state index is 4.38. The largest absolute Gasteiger partial charge is 0.373 e. The molecule has 0 saturated heterocycles. The lowest BCUT2D eigenvalue weighted by atomic mass is 10.2. The quantitative estimate of drug-likeness (QED) is 0.795. The molecular weight excluding hydrogens is 212 g/mol. The Balaban J connectivity index is 2.12. The standard InChI is InChI=1S/C13H20N4/c1-4-14-7-8-16(2)11-5-6-13-12(9-11)15-10-17(13)3/h5-6,9-10,14H,4,7-8H2,1-3H3. The summed E-state index contributed by atoms with van der Waals surface area (Å²) >= 11 is 0. The first kappa shape index (κ1) is 11.9. The minimum atomic E-state index is 1.01. The summed E-state index contributed by atoms with van der Waals surface area (Å²) in [7, 11) is 4.13. The van der Waals surface area contributed by atoms with Gasteiger partial charge < -0.3 is 14.8 Å². The first-order chi connectivity index (χ1) is 8.22. The van der Waals surface area contributed by atoms with Gasteiger partial charge in [-0.25, -0.2) is 4.98 Å². The van der Waals surface area contributed by atoms with Crippen molar-refractivity contribution in [3.63, 3.8) is 0 Å². The van der Waals surface area contributed by atoms with Gasteiger partial charge in [-0.3, -0.25) is 0 Å². The van der Waals surface area contributed by atoms with E-state index in [-0.39, 0.29) is 0 Å². The second-order valence-corrected chi connectivity index (χ2v) is 4.30. The number of hydrogen-bond acceptors (Lipinski definition) is 3. The molecule has 92 valence electrons. The van der Waals surface area contributed by atoms with Gasteiger partial charge in [-0.1, -0.05) is 6.92 Å².